The van der Waals surface area contributed by atoms with Gasteiger partial charge in [-0.05, 0) is 104 Å². The van der Waals surface area contributed by atoms with E-state index in [4.69, 9.17) is 4.74 Å². The number of rotatable bonds is 10. The zero-order valence-corrected chi connectivity index (χ0v) is 23.6. The van der Waals surface area contributed by atoms with Gasteiger partial charge in [-0.3, -0.25) is 9.48 Å². The van der Waals surface area contributed by atoms with Crippen molar-refractivity contribution in [3.05, 3.63) is 77.1 Å². The topological polar surface area (TPSA) is 57.0 Å². The molecule has 0 radical (unpaired) electrons. The molecule has 5 atom stereocenters. The number of ether oxygens (including phenoxy) is 1. The summed E-state index contributed by atoms with van der Waals surface area (Å²) < 4.78 is 8.14. The fourth-order valence-electron chi connectivity index (χ4n) is 8.14. The van der Waals surface area contributed by atoms with Crippen LogP contribution in [0.2, 0.25) is 0 Å². The van der Waals surface area contributed by atoms with Crippen molar-refractivity contribution >= 4 is 5.78 Å². The van der Waals surface area contributed by atoms with Crippen molar-refractivity contribution < 1.29 is 9.53 Å². The minimum atomic E-state index is -0.134. The van der Waals surface area contributed by atoms with Crippen molar-refractivity contribution in [3.8, 4) is 5.75 Å². The molecule has 3 aromatic rings. The molecular weight excluding hydrogens is 482 g/mol. The fourth-order valence-corrected chi connectivity index (χ4v) is 8.14. The maximum absolute atomic E-state index is 13.4. The minimum absolute atomic E-state index is 0.134. The zero-order chi connectivity index (χ0) is 26.8. The molecular formula is C34H43N3O2. The molecule has 0 saturated heterocycles. The number of nitrogens with zero attached hydrogens (tertiary/aromatic N) is 3. The van der Waals surface area contributed by atoms with Gasteiger partial charge in [0.2, 0.25) is 0 Å². The third-order valence-electron chi connectivity index (χ3n) is 10.1. The number of hydrogen-bond acceptors (Lipinski definition) is 4. The minimum Gasteiger partial charge on any atom is -0.489 e. The first kappa shape index (κ1) is 26.3. The van der Waals surface area contributed by atoms with Crippen LogP contribution in [0.25, 0.3) is 0 Å². The second kappa shape index (κ2) is 11.3. The number of fused-ring (bicyclic) bond motifs is 5. The summed E-state index contributed by atoms with van der Waals surface area (Å²) in [4.78, 5) is 13.4. The number of carbonyl (C=O) groups excluding carboxylic acids is 1. The number of benzene rings is 2. The molecule has 1 aromatic heterocycles. The molecule has 0 amide bonds. The van der Waals surface area contributed by atoms with E-state index in [1.54, 1.807) is 0 Å². The first-order valence-electron chi connectivity index (χ1n) is 15.3. The Morgan fingerprint density at radius 3 is 2.82 bits per heavy atom. The van der Waals surface area contributed by atoms with Crippen LogP contribution in [0.4, 0.5) is 0 Å². The molecule has 5 nitrogen and oxygen atoms in total. The number of unbranched alkanes of at least 4 members (excludes halogenated alkanes) is 1. The highest BCUT2D eigenvalue weighted by atomic mass is 16.5. The summed E-state index contributed by atoms with van der Waals surface area (Å²) in [6, 6.07) is 17.2. The van der Waals surface area contributed by atoms with Gasteiger partial charge in [0, 0.05) is 24.6 Å². The largest absolute Gasteiger partial charge is 0.489 e. The van der Waals surface area contributed by atoms with Crippen LogP contribution in [0.5, 0.6) is 5.75 Å². The molecule has 2 saturated carbocycles. The van der Waals surface area contributed by atoms with Gasteiger partial charge in [-0.15, -0.1) is 5.10 Å². The van der Waals surface area contributed by atoms with E-state index < -0.39 is 0 Å². The number of aryl methyl sites for hydroxylation is 3. The second-order valence-corrected chi connectivity index (χ2v) is 12.5. The summed E-state index contributed by atoms with van der Waals surface area (Å²) in [7, 11) is 0. The van der Waals surface area contributed by atoms with E-state index in [1.165, 1.54) is 29.5 Å². The van der Waals surface area contributed by atoms with E-state index >= 15 is 0 Å². The third-order valence-corrected chi connectivity index (χ3v) is 10.1. The average molecular weight is 526 g/mol. The smallest absolute Gasteiger partial charge is 0.139 e. The third kappa shape index (κ3) is 5.29. The summed E-state index contributed by atoms with van der Waals surface area (Å²) in [6.45, 7) is 6.05. The number of ketones is 1. The molecule has 6 rings (SSSR count). The predicted octanol–water partition coefficient (Wildman–Crippen LogP) is 7.33. The molecule has 0 aliphatic heterocycles. The van der Waals surface area contributed by atoms with Gasteiger partial charge in [-0.25, -0.2) is 0 Å². The fraction of sp³-hybridized carbons (Fsp3) is 0.559. The summed E-state index contributed by atoms with van der Waals surface area (Å²) in [5.74, 6) is 3.68. The SMILES string of the molecule is CCCCn1cc(CCCC2CC(=O)[C@@]3(C)CC[C@@H]4c5ccc(OCc6ccccc6)cc5CC[C@H]4[C@H]23)nn1. The van der Waals surface area contributed by atoms with Crippen molar-refractivity contribution in [2.24, 2.45) is 23.2 Å². The first-order valence-corrected chi connectivity index (χ1v) is 15.3. The van der Waals surface area contributed by atoms with Gasteiger partial charge in [0.05, 0.1) is 5.69 Å². The highest BCUT2D eigenvalue weighted by Crippen LogP contribution is 2.62. The van der Waals surface area contributed by atoms with Gasteiger partial charge in [0.25, 0.3) is 0 Å². The monoisotopic (exact) mass is 525 g/mol. The molecule has 2 fully saturated rings. The van der Waals surface area contributed by atoms with E-state index in [2.05, 4.69) is 72.8 Å². The summed E-state index contributed by atoms with van der Waals surface area (Å²) in [5, 5.41) is 8.71. The lowest BCUT2D eigenvalue weighted by molar-refractivity contribution is -0.129. The van der Waals surface area contributed by atoms with E-state index in [0.717, 1.165) is 69.4 Å². The molecule has 2 aromatic carbocycles. The van der Waals surface area contributed by atoms with Crippen molar-refractivity contribution in [1.82, 2.24) is 15.0 Å². The summed E-state index contributed by atoms with van der Waals surface area (Å²) >= 11 is 0. The average Bonchev–Trinajstić information content (AvgIpc) is 3.52. The van der Waals surface area contributed by atoms with Gasteiger partial charge in [-0.1, -0.05) is 61.9 Å². The van der Waals surface area contributed by atoms with Crippen LogP contribution in [-0.2, 0) is 30.8 Å². The summed E-state index contributed by atoms with van der Waals surface area (Å²) in [5.41, 5.74) is 5.13. The molecule has 1 heterocycles. The van der Waals surface area contributed by atoms with Gasteiger partial charge in [-0.2, -0.15) is 0 Å². The Balaban J connectivity index is 1.12. The number of Topliss-reactive ketones (excluding diaryl/α,β-unsaturated/α-hetero) is 1. The van der Waals surface area contributed by atoms with Gasteiger partial charge in [0.15, 0.2) is 0 Å². The number of hydrogen-bond donors (Lipinski definition) is 0. The van der Waals surface area contributed by atoms with Crippen LogP contribution in [0.1, 0.15) is 93.5 Å². The van der Waals surface area contributed by atoms with Crippen LogP contribution in [0, 0.1) is 23.2 Å². The molecule has 5 heteroatoms. The zero-order valence-electron chi connectivity index (χ0n) is 23.6. The molecule has 0 N–H and O–H groups in total. The van der Waals surface area contributed by atoms with Crippen LogP contribution in [0.15, 0.2) is 54.7 Å². The lowest BCUT2D eigenvalue weighted by Crippen LogP contribution is -2.44. The standard InChI is InChI=1S/C34H43N3O2/c1-3-4-19-37-22-27(35-36-37)12-8-11-26-21-32(38)34(2)18-17-30-29-16-14-28(39-23-24-9-6-5-7-10-24)20-25(29)13-15-31(30)33(26)34/h5-7,9-10,14,16,20,22,26,30-31,33H,3-4,8,11-13,15,17-19,21,23H2,1-2H3/t26?,30-,31-,33+,34-/m1/s1. The van der Waals surface area contributed by atoms with Gasteiger partial charge >= 0.3 is 0 Å². The van der Waals surface area contributed by atoms with E-state index in [-0.39, 0.29) is 5.41 Å². The molecule has 206 valence electrons. The number of carbonyl (C=O) groups is 1. The van der Waals surface area contributed by atoms with Crippen molar-refractivity contribution in [3.63, 3.8) is 0 Å². The second-order valence-electron chi connectivity index (χ2n) is 12.5. The Bertz CT molecular complexity index is 1280. The van der Waals surface area contributed by atoms with Crippen molar-refractivity contribution in [1.29, 1.82) is 0 Å². The van der Waals surface area contributed by atoms with E-state index in [0.29, 0.717) is 36.1 Å². The van der Waals surface area contributed by atoms with Crippen molar-refractivity contribution in [2.45, 2.75) is 97.1 Å². The molecule has 0 bridgehead atoms. The van der Waals surface area contributed by atoms with Gasteiger partial charge in [0.1, 0.15) is 18.1 Å². The molecule has 3 aliphatic rings. The Labute approximate surface area is 233 Å². The highest BCUT2D eigenvalue weighted by Gasteiger charge is 2.58. The van der Waals surface area contributed by atoms with E-state index in [9.17, 15) is 4.79 Å². The van der Waals surface area contributed by atoms with Crippen LogP contribution in [0.3, 0.4) is 0 Å². The maximum Gasteiger partial charge on any atom is 0.139 e. The molecule has 39 heavy (non-hydrogen) atoms. The summed E-state index contributed by atoms with van der Waals surface area (Å²) in [6.07, 6.45) is 12.8. The number of aromatic nitrogens is 3. The van der Waals surface area contributed by atoms with Gasteiger partial charge < -0.3 is 4.74 Å². The Kier molecular flexibility index (Phi) is 7.59. The molecule has 1 unspecified atom stereocenters. The quantitative estimate of drug-likeness (QED) is 0.278. The lowest BCUT2D eigenvalue weighted by Gasteiger charge is -2.50. The predicted molar refractivity (Wildman–Crippen MR) is 154 cm³/mol. The van der Waals surface area contributed by atoms with E-state index in [1.807, 2.05) is 10.7 Å². The highest BCUT2D eigenvalue weighted by molar-refractivity contribution is 5.87. The normalized spacial score (nSPS) is 27.6. The lowest BCUT2D eigenvalue weighted by atomic mass is 9.54. The van der Waals surface area contributed by atoms with Crippen LogP contribution < -0.4 is 4.74 Å². The Hall–Kier alpha value is -2.95. The van der Waals surface area contributed by atoms with Crippen molar-refractivity contribution in [2.75, 3.05) is 0 Å². The first-order chi connectivity index (χ1) is 19.0. The van der Waals surface area contributed by atoms with Crippen LogP contribution in [-0.4, -0.2) is 20.8 Å². The molecule has 0 spiro atoms. The molecule has 3 aliphatic carbocycles. The maximum atomic E-state index is 13.4. The Morgan fingerprint density at radius 1 is 1.10 bits per heavy atom. The van der Waals surface area contributed by atoms with Crippen LogP contribution >= 0.6 is 0 Å². The Morgan fingerprint density at radius 2 is 1.97 bits per heavy atom.